The molecule has 86 valence electrons. The van der Waals surface area contributed by atoms with Gasteiger partial charge in [-0.2, -0.15) is 0 Å². The van der Waals surface area contributed by atoms with Crippen molar-refractivity contribution in [1.82, 2.24) is 15.3 Å². The quantitative estimate of drug-likeness (QED) is 0.433. The molecule has 4 heteroatoms. The summed E-state index contributed by atoms with van der Waals surface area (Å²) in [7, 11) is 0. The molecule has 0 radical (unpaired) electrons. The summed E-state index contributed by atoms with van der Waals surface area (Å²) in [5.74, 6) is 0.899. The van der Waals surface area contributed by atoms with E-state index in [1.165, 1.54) is 6.08 Å². The molecule has 0 bridgehead atoms. The number of carbonyl (C=O) groups excluding carboxylic acids is 1. The molecule has 1 aromatic heterocycles. The van der Waals surface area contributed by atoms with Gasteiger partial charge in [-0.05, 0) is 13.3 Å². The molecule has 1 amide bonds. The number of H-pyrrole nitrogens is 1. The first kappa shape index (κ1) is 12.2. The number of aromatic amines is 1. The van der Waals surface area contributed by atoms with E-state index in [1.807, 2.05) is 19.1 Å². The molecule has 0 saturated carbocycles. The number of rotatable bonds is 6. The lowest BCUT2D eigenvalue weighted by Gasteiger charge is -2.00. The molecule has 0 aliphatic heterocycles. The second kappa shape index (κ2) is 7.45. The summed E-state index contributed by atoms with van der Waals surface area (Å²) in [6, 6.07) is 0. The zero-order chi connectivity index (χ0) is 11.6. The molecule has 0 aliphatic rings. The van der Waals surface area contributed by atoms with Gasteiger partial charge in [0.25, 0.3) is 0 Å². The van der Waals surface area contributed by atoms with Gasteiger partial charge in [0.2, 0.25) is 5.91 Å². The third kappa shape index (κ3) is 5.14. The van der Waals surface area contributed by atoms with Crippen LogP contribution in [-0.4, -0.2) is 22.4 Å². The Kier molecular flexibility index (Phi) is 5.70. The molecule has 2 N–H and O–H groups in total. The maximum Gasteiger partial charge on any atom is 0.243 e. The van der Waals surface area contributed by atoms with Crippen LogP contribution >= 0.6 is 0 Å². The van der Waals surface area contributed by atoms with Crippen LogP contribution < -0.4 is 5.32 Å². The van der Waals surface area contributed by atoms with Crippen molar-refractivity contribution in [1.29, 1.82) is 0 Å². The van der Waals surface area contributed by atoms with Gasteiger partial charge in [0, 0.05) is 31.4 Å². The van der Waals surface area contributed by atoms with E-state index in [0.29, 0.717) is 6.54 Å². The highest BCUT2D eigenvalue weighted by atomic mass is 16.1. The van der Waals surface area contributed by atoms with Gasteiger partial charge < -0.3 is 10.3 Å². The van der Waals surface area contributed by atoms with Gasteiger partial charge in [0.1, 0.15) is 5.82 Å². The molecule has 4 nitrogen and oxygen atoms in total. The van der Waals surface area contributed by atoms with Crippen LogP contribution in [0.1, 0.15) is 19.2 Å². The van der Waals surface area contributed by atoms with Crippen LogP contribution in [0.5, 0.6) is 0 Å². The minimum absolute atomic E-state index is 0.0578. The minimum atomic E-state index is -0.0578. The lowest BCUT2D eigenvalue weighted by molar-refractivity contribution is -0.116. The molecule has 0 aromatic carbocycles. The predicted molar refractivity (Wildman–Crippen MR) is 63.9 cm³/mol. The van der Waals surface area contributed by atoms with Gasteiger partial charge in [0.05, 0.1) is 0 Å². The van der Waals surface area contributed by atoms with Crippen LogP contribution in [-0.2, 0) is 11.2 Å². The predicted octanol–water partition coefficient (Wildman–Crippen LogP) is 1.59. The molecule has 0 atom stereocenters. The molecular formula is C12H17N3O. The lowest BCUT2D eigenvalue weighted by atomic mass is 10.3. The molecule has 1 heterocycles. The fourth-order valence-electron chi connectivity index (χ4n) is 1.22. The standard InChI is InChI=1S/C12H17N3O/c1-2-3-4-7-12(16)15-8-5-6-11-13-9-10-14-11/h2-4,7,9-10H,5-6,8H2,1H3,(H,13,14)(H,15,16). The monoisotopic (exact) mass is 219 g/mol. The van der Waals surface area contributed by atoms with E-state index in [1.54, 1.807) is 18.5 Å². The van der Waals surface area contributed by atoms with Crippen LogP contribution in [0.25, 0.3) is 0 Å². The number of imidazole rings is 1. The highest BCUT2D eigenvalue weighted by Gasteiger charge is 1.96. The Morgan fingerprint density at radius 2 is 2.44 bits per heavy atom. The second-order valence-electron chi connectivity index (χ2n) is 3.32. The summed E-state index contributed by atoms with van der Waals surface area (Å²) in [5, 5.41) is 2.80. The summed E-state index contributed by atoms with van der Waals surface area (Å²) in [6.45, 7) is 2.57. The third-order valence-corrected chi connectivity index (χ3v) is 2.00. The van der Waals surface area contributed by atoms with Crippen LogP contribution in [0.2, 0.25) is 0 Å². The van der Waals surface area contributed by atoms with Crippen molar-refractivity contribution in [2.24, 2.45) is 0 Å². The molecule has 1 rings (SSSR count). The third-order valence-electron chi connectivity index (χ3n) is 2.00. The summed E-state index contributed by atoms with van der Waals surface area (Å²) in [5.41, 5.74) is 0. The molecule has 0 aliphatic carbocycles. The number of amides is 1. The first-order valence-electron chi connectivity index (χ1n) is 5.38. The average molecular weight is 219 g/mol. The van der Waals surface area contributed by atoms with Gasteiger partial charge >= 0.3 is 0 Å². The largest absolute Gasteiger partial charge is 0.353 e. The highest BCUT2D eigenvalue weighted by molar-refractivity contribution is 5.87. The number of allylic oxidation sites excluding steroid dienone is 3. The van der Waals surface area contributed by atoms with E-state index in [-0.39, 0.29) is 5.91 Å². The maximum atomic E-state index is 11.2. The summed E-state index contributed by atoms with van der Waals surface area (Å²) < 4.78 is 0. The molecule has 0 saturated heterocycles. The van der Waals surface area contributed by atoms with Crippen molar-refractivity contribution < 1.29 is 4.79 Å². The minimum Gasteiger partial charge on any atom is -0.353 e. The Morgan fingerprint density at radius 3 is 3.12 bits per heavy atom. The number of hydrogen-bond acceptors (Lipinski definition) is 2. The Hall–Kier alpha value is -1.84. The van der Waals surface area contributed by atoms with Crippen LogP contribution in [0.3, 0.4) is 0 Å². The number of aryl methyl sites for hydroxylation is 1. The molecule has 16 heavy (non-hydrogen) atoms. The van der Waals surface area contributed by atoms with Gasteiger partial charge in [-0.15, -0.1) is 0 Å². The Morgan fingerprint density at radius 1 is 1.56 bits per heavy atom. The average Bonchev–Trinajstić information content (AvgIpc) is 2.78. The van der Waals surface area contributed by atoms with E-state index in [0.717, 1.165) is 18.7 Å². The van der Waals surface area contributed by atoms with Gasteiger partial charge in [-0.3, -0.25) is 4.79 Å². The number of nitrogens with zero attached hydrogens (tertiary/aromatic N) is 1. The first-order valence-corrected chi connectivity index (χ1v) is 5.38. The topological polar surface area (TPSA) is 57.8 Å². The second-order valence-corrected chi connectivity index (χ2v) is 3.32. The van der Waals surface area contributed by atoms with Crippen molar-refractivity contribution in [2.75, 3.05) is 6.54 Å². The normalized spacial score (nSPS) is 11.3. The summed E-state index contributed by atoms with van der Waals surface area (Å²) in [6.07, 6.45) is 12.2. The maximum absolute atomic E-state index is 11.2. The fourth-order valence-corrected chi connectivity index (χ4v) is 1.22. The Balaban J connectivity index is 2.09. The Bertz CT molecular complexity index is 352. The van der Waals surface area contributed by atoms with Crippen LogP contribution in [0.15, 0.2) is 36.7 Å². The molecule has 1 aromatic rings. The van der Waals surface area contributed by atoms with Crippen LogP contribution in [0, 0.1) is 0 Å². The van der Waals surface area contributed by atoms with Crippen molar-refractivity contribution >= 4 is 5.91 Å². The Labute approximate surface area is 95.5 Å². The van der Waals surface area contributed by atoms with Crippen molar-refractivity contribution in [3.63, 3.8) is 0 Å². The number of nitrogens with one attached hydrogen (secondary N) is 2. The van der Waals surface area contributed by atoms with E-state index >= 15 is 0 Å². The number of carbonyl (C=O) groups is 1. The number of aromatic nitrogens is 2. The van der Waals surface area contributed by atoms with E-state index in [2.05, 4.69) is 15.3 Å². The van der Waals surface area contributed by atoms with Crippen LogP contribution in [0.4, 0.5) is 0 Å². The molecule has 0 spiro atoms. The zero-order valence-corrected chi connectivity index (χ0v) is 9.44. The van der Waals surface area contributed by atoms with Gasteiger partial charge in [0.15, 0.2) is 0 Å². The zero-order valence-electron chi connectivity index (χ0n) is 9.44. The molecular weight excluding hydrogens is 202 g/mol. The summed E-state index contributed by atoms with van der Waals surface area (Å²) in [4.78, 5) is 18.3. The smallest absolute Gasteiger partial charge is 0.243 e. The first-order chi connectivity index (χ1) is 7.83. The summed E-state index contributed by atoms with van der Waals surface area (Å²) >= 11 is 0. The molecule has 0 unspecified atom stereocenters. The highest BCUT2D eigenvalue weighted by Crippen LogP contribution is 1.93. The van der Waals surface area contributed by atoms with Crippen molar-refractivity contribution in [2.45, 2.75) is 19.8 Å². The van der Waals surface area contributed by atoms with E-state index < -0.39 is 0 Å². The van der Waals surface area contributed by atoms with Crippen molar-refractivity contribution in [3.05, 3.63) is 42.5 Å². The molecule has 0 fully saturated rings. The fraction of sp³-hybridized carbons (Fsp3) is 0.333. The van der Waals surface area contributed by atoms with Crippen molar-refractivity contribution in [3.8, 4) is 0 Å². The van der Waals surface area contributed by atoms with Gasteiger partial charge in [-0.1, -0.05) is 18.2 Å². The van der Waals surface area contributed by atoms with E-state index in [9.17, 15) is 4.79 Å². The van der Waals surface area contributed by atoms with E-state index in [4.69, 9.17) is 0 Å². The number of hydrogen-bond donors (Lipinski definition) is 2. The lowest BCUT2D eigenvalue weighted by Crippen LogP contribution is -2.22. The van der Waals surface area contributed by atoms with Gasteiger partial charge in [-0.25, -0.2) is 4.98 Å². The SMILES string of the molecule is CC=CC=CC(=O)NCCCc1ncc[nH]1.